The molecule has 20 heavy (non-hydrogen) atoms. The van der Waals surface area contributed by atoms with E-state index in [0.717, 1.165) is 18.6 Å². The summed E-state index contributed by atoms with van der Waals surface area (Å²) in [7, 11) is 0. The summed E-state index contributed by atoms with van der Waals surface area (Å²) in [4.78, 5) is 6.10. The Morgan fingerprint density at radius 3 is 2.80 bits per heavy atom. The van der Waals surface area contributed by atoms with Crippen LogP contribution in [0.3, 0.4) is 0 Å². The molecule has 0 atom stereocenters. The van der Waals surface area contributed by atoms with Gasteiger partial charge in [-0.05, 0) is 25.5 Å². The number of hydrogen-bond donors (Lipinski definition) is 1. The first-order valence-electron chi connectivity index (χ1n) is 6.66. The van der Waals surface area contributed by atoms with Crippen LogP contribution in [0.2, 0.25) is 0 Å². The number of rotatable bonds is 3. The first kappa shape index (κ1) is 14.9. The smallest absolute Gasteiger partial charge is 0.380 e. The molecule has 112 valence electrons. The van der Waals surface area contributed by atoms with Gasteiger partial charge in [-0.3, -0.25) is 0 Å². The number of anilines is 2. The zero-order valence-electron chi connectivity index (χ0n) is 11.3. The minimum Gasteiger partial charge on any atom is -0.380 e. The minimum absolute atomic E-state index is 0.252. The second kappa shape index (κ2) is 6.30. The van der Waals surface area contributed by atoms with E-state index in [9.17, 15) is 13.2 Å². The molecule has 4 nitrogen and oxygen atoms in total. The third kappa shape index (κ3) is 3.75. The van der Waals surface area contributed by atoms with Crippen LogP contribution in [0, 0.1) is 0 Å². The van der Waals surface area contributed by atoms with Crippen LogP contribution >= 0.6 is 0 Å². The Labute approximate surface area is 115 Å². The second-order valence-corrected chi connectivity index (χ2v) is 4.58. The Kier molecular flexibility index (Phi) is 4.69. The van der Waals surface area contributed by atoms with E-state index >= 15 is 0 Å². The van der Waals surface area contributed by atoms with Gasteiger partial charge in [0.1, 0.15) is 11.6 Å². The summed E-state index contributed by atoms with van der Waals surface area (Å²) < 4.78 is 44.1. The number of ether oxygens (including phenoxy) is 1. The lowest BCUT2D eigenvalue weighted by Gasteiger charge is -2.22. The van der Waals surface area contributed by atoms with Gasteiger partial charge in [0.25, 0.3) is 0 Å². The molecule has 1 N–H and O–H groups in total. The molecule has 0 saturated carbocycles. The predicted molar refractivity (Wildman–Crippen MR) is 71.1 cm³/mol. The highest BCUT2D eigenvalue weighted by atomic mass is 19.4. The highest BCUT2D eigenvalue weighted by molar-refractivity contribution is 5.51. The van der Waals surface area contributed by atoms with Gasteiger partial charge in [-0.2, -0.15) is 13.2 Å². The molecule has 1 aliphatic heterocycles. The third-order valence-corrected chi connectivity index (χ3v) is 3.04. The summed E-state index contributed by atoms with van der Waals surface area (Å²) in [6.07, 6.45) is -3.58. The average molecular weight is 289 g/mol. The third-order valence-electron chi connectivity index (χ3n) is 3.04. The Morgan fingerprint density at radius 1 is 1.30 bits per heavy atom. The molecule has 0 radical (unpaired) electrons. The SMILES string of the molecule is CCNc1cc(C(F)(F)F)cc(N2CCCOCC2)n1. The average Bonchev–Trinajstić information content (AvgIpc) is 2.66. The van der Waals surface area contributed by atoms with E-state index < -0.39 is 11.7 Å². The first-order valence-corrected chi connectivity index (χ1v) is 6.66. The quantitative estimate of drug-likeness (QED) is 0.928. The van der Waals surface area contributed by atoms with Gasteiger partial charge < -0.3 is 15.0 Å². The Morgan fingerprint density at radius 2 is 2.10 bits per heavy atom. The molecule has 1 aromatic rings. The molecule has 1 fully saturated rings. The van der Waals surface area contributed by atoms with Gasteiger partial charge >= 0.3 is 6.18 Å². The maximum Gasteiger partial charge on any atom is 0.416 e. The predicted octanol–water partition coefficient (Wildman–Crippen LogP) is 2.76. The van der Waals surface area contributed by atoms with E-state index in [1.165, 1.54) is 0 Å². The van der Waals surface area contributed by atoms with Gasteiger partial charge in [-0.25, -0.2) is 4.98 Å². The number of hydrogen-bond acceptors (Lipinski definition) is 4. The van der Waals surface area contributed by atoms with Crippen molar-refractivity contribution in [1.29, 1.82) is 0 Å². The van der Waals surface area contributed by atoms with Gasteiger partial charge in [-0.15, -0.1) is 0 Å². The Bertz CT molecular complexity index is 443. The van der Waals surface area contributed by atoms with Crippen molar-refractivity contribution in [2.45, 2.75) is 19.5 Å². The summed E-state index contributed by atoms with van der Waals surface area (Å²) in [5.74, 6) is 0.601. The molecule has 1 aromatic heterocycles. The fraction of sp³-hybridized carbons (Fsp3) is 0.615. The molecule has 0 unspecified atom stereocenters. The van der Waals surface area contributed by atoms with Gasteiger partial charge in [-0.1, -0.05) is 0 Å². The molecule has 1 saturated heterocycles. The van der Waals surface area contributed by atoms with Crippen molar-refractivity contribution in [3.05, 3.63) is 17.7 Å². The molecule has 7 heteroatoms. The number of nitrogens with one attached hydrogen (secondary N) is 1. The van der Waals surface area contributed by atoms with Crippen molar-refractivity contribution >= 4 is 11.6 Å². The van der Waals surface area contributed by atoms with E-state index in [1.54, 1.807) is 0 Å². The summed E-state index contributed by atoms with van der Waals surface area (Å²) in [5.41, 5.74) is -0.677. The van der Waals surface area contributed by atoms with Crippen LogP contribution in [0.1, 0.15) is 18.9 Å². The van der Waals surface area contributed by atoms with Crippen molar-refractivity contribution in [3.63, 3.8) is 0 Å². The van der Waals surface area contributed by atoms with Gasteiger partial charge in [0.15, 0.2) is 0 Å². The maximum absolute atomic E-state index is 12.9. The highest BCUT2D eigenvalue weighted by Crippen LogP contribution is 2.33. The summed E-state index contributed by atoms with van der Waals surface area (Å²) >= 11 is 0. The molecule has 0 bridgehead atoms. The number of nitrogens with zero attached hydrogens (tertiary/aromatic N) is 2. The van der Waals surface area contributed by atoms with Crippen molar-refractivity contribution in [1.82, 2.24) is 4.98 Å². The van der Waals surface area contributed by atoms with Crippen molar-refractivity contribution < 1.29 is 17.9 Å². The van der Waals surface area contributed by atoms with Crippen molar-refractivity contribution in [2.24, 2.45) is 0 Å². The van der Waals surface area contributed by atoms with Crippen LogP contribution in [-0.4, -0.2) is 37.8 Å². The molecule has 0 aliphatic carbocycles. The lowest BCUT2D eigenvalue weighted by Crippen LogP contribution is -2.27. The lowest BCUT2D eigenvalue weighted by molar-refractivity contribution is -0.137. The number of alkyl halides is 3. The van der Waals surface area contributed by atoms with E-state index in [-0.39, 0.29) is 5.82 Å². The van der Waals surface area contributed by atoms with Gasteiger partial charge in [0, 0.05) is 26.2 Å². The lowest BCUT2D eigenvalue weighted by atomic mass is 10.2. The summed E-state index contributed by atoms with van der Waals surface area (Å²) in [6, 6.07) is 2.15. The van der Waals surface area contributed by atoms with E-state index in [2.05, 4.69) is 10.3 Å². The number of halogens is 3. The van der Waals surface area contributed by atoms with Crippen LogP contribution in [0.15, 0.2) is 12.1 Å². The first-order chi connectivity index (χ1) is 9.50. The topological polar surface area (TPSA) is 37.4 Å². The van der Waals surface area contributed by atoms with Crippen molar-refractivity contribution in [2.75, 3.05) is 43.1 Å². The Hall–Kier alpha value is -1.50. The monoisotopic (exact) mass is 289 g/mol. The number of aromatic nitrogens is 1. The number of pyridine rings is 1. The highest BCUT2D eigenvalue weighted by Gasteiger charge is 2.32. The Balaban J connectivity index is 2.32. The molecule has 0 spiro atoms. The fourth-order valence-electron chi connectivity index (χ4n) is 2.09. The van der Waals surface area contributed by atoms with Crippen molar-refractivity contribution in [3.8, 4) is 0 Å². The molecule has 0 aromatic carbocycles. The van der Waals surface area contributed by atoms with E-state index in [4.69, 9.17) is 4.74 Å². The molecule has 2 heterocycles. The normalized spacial score (nSPS) is 16.9. The standard InChI is InChI=1S/C13H18F3N3O/c1-2-17-11-8-10(13(14,15)16)9-12(18-11)19-4-3-6-20-7-5-19/h8-9H,2-7H2,1H3,(H,17,18). The van der Waals surface area contributed by atoms with E-state index in [1.807, 2.05) is 11.8 Å². The largest absolute Gasteiger partial charge is 0.416 e. The fourth-order valence-corrected chi connectivity index (χ4v) is 2.09. The minimum atomic E-state index is -4.37. The molecular formula is C13H18F3N3O. The molecular weight excluding hydrogens is 271 g/mol. The summed E-state index contributed by atoms with van der Waals surface area (Å²) in [5, 5.41) is 2.85. The molecule has 1 aliphatic rings. The maximum atomic E-state index is 12.9. The zero-order valence-corrected chi connectivity index (χ0v) is 11.3. The van der Waals surface area contributed by atoms with Crippen LogP contribution in [0.25, 0.3) is 0 Å². The van der Waals surface area contributed by atoms with Crippen LogP contribution in [0.4, 0.5) is 24.8 Å². The second-order valence-electron chi connectivity index (χ2n) is 4.58. The van der Waals surface area contributed by atoms with Gasteiger partial charge in [0.05, 0.1) is 12.2 Å². The van der Waals surface area contributed by atoms with E-state index in [0.29, 0.717) is 38.7 Å². The molecule has 0 amide bonds. The van der Waals surface area contributed by atoms with Crippen LogP contribution in [-0.2, 0) is 10.9 Å². The van der Waals surface area contributed by atoms with Gasteiger partial charge in [0.2, 0.25) is 0 Å². The zero-order chi connectivity index (χ0) is 14.6. The summed E-state index contributed by atoms with van der Waals surface area (Å²) in [6.45, 7) is 4.70. The van der Waals surface area contributed by atoms with Crippen LogP contribution < -0.4 is 10.2 Å². The van der Waals surface area contributed by atoms with Crippen LogP contribution in [0.5, 0.6) is 0 Å². The molecule has 2 rings (SSSR count).